The molecule has 0 radical (unpaired) electrons. The molecule has 10 nitrogen and oxygen atoms in total. The van der Waals surface area contributed by atoms with Crippen molar-refractivity contribution in [3.8, 4) is 0 Å². The number of benzene rings is 2. The van der Waals surface area contributed by atoms with Crippen LogP contribution in [-0.4, -0.2) is 24.8 Å². The predicted octanol–water partition coefficient (Wildman–Crippen LogP) is 3.73. The lowest BCUT2D eigenvalue weighted by Crippen LogP contribution is -1.90. The van der Waals surface area contributed by atoms with Gasteiger partial charge in [0.15, 0.2) is 5.13 Å². The minimum Gasteiger partial charge on any atom is -0.324 e. The molecule has 0 atom stereocenters. The largest absolute Gasteiger partial charge is 0.324 e. The molecule has 2 aromatic heterocycles. The first-order valence-electron chi connectivity index (χ1n) is 6.96. The van der Waals surface area contributed by atoms with E-state index in [2.05, 4.69) is 20.3 Å². The van der Waals surface area contributed by atoms with E-state index in [1.165, 1.54) is 35.6 Å². The normalized spacial score (nSPS) is 11.0. The zero-order valence-corrected chi connectivity index (χ0v) is 13.1. The van der Waals surface area contributed by atoms with Crippen molar-refractivity contribution < 1.29 is 9.85 Å². The highest BCUT2D eigenvalue weighted by Crippen LogP contribution is 2.31. The molecule has 0 unspecified atom stereocenters. The van der Waals surface area contributed by atoms with E-state index >= 15 is 0 Å². The van der Waals surface area contributed by atoms with Gasteiger partial charge in [0, 0.05) is 24.3 Å². The first kappa shape index (κ1) is 15.0. The van der Waals surface area contributed by atoms with Crippen LogP contribution < -0.4 is 5.32 Å². The highest BCUT2D eigenvalue weighted by Gasteiger charge is 2.13. The van der Waals surface area contributed by atoms with Crippen LogP contribution in [0, 0.1) is 20.2 Å². The highest BCUT2D eigenvalue weighted by atomic mass is 32.1. The Kier molecular flexibility index (Phi) is 3.28. The van der Waals surface area contributed by atoms with Gasteiger partial charge in [0.25, 0.3) is 11.4 Å². The van der Waals surface area contributed by atoms with Crippen molar-refractivity contribution >= 4 is 55.0 Å². The third-order valence-corrected chi connectivity index (χ3v) is 4.42. The van der Waals surface area contributed by atoms with Gasteiger partial charge < -0.3 is 10.3 Å². The number of fused-ring (bicyclic) bond motifs is 2. The van der Waals surface area contributed by atoms with E-state index in [9.17, 15) is 20.2 Å². The van der Waals surface area contributed by atoms with Crippen LogP contribution in [0.15, 0.2) is 36.4 Å². The van der Waals surface area contributed by atoms with Gasteiger partial charge in [-0.15, -0.1) is 0 Å². The Morgan fingerprint density at radius 2 is 1.64 bits per heavy atom. The number of rotatable bonds is 4. The molecule has 11 heteroatoms. The third-order valence-electron chi connectivity index (χ3n) is 3.48. The summed E-state index contributed by atoms with van der Waals surface area (Å²) >= 11 is 1.25. The number of aromatic amines is 1. The number of non-ortho nitro benzene ring substituents is 2. The summed E-state index contributed by atoms with van der Waals surface area (Å²) in [5, 5.41) is 25.1. The van der Waals surface area contributed by atoms with Crippen molar-refractivity contribution in [1.29, 1.82) is 0 Å². The Morgan fingerprint density at radius 3 is 2.36 bits per heavy atom. The van der Waals surface area contributed by atoms with Crippen molar-refractivity contribution in [3.05, 3.63) is 56.6 Å². The molecule has 2 aromatic carbocycles. The van der Waals surface area contributed by atoms with Crippen LogP contribution in [0.1, 0.15) is 0 Å². The summed E-state index contributed by atoms with van der Waals surface area (Å²) < 4.78 is 0.670. The molecule has 2 N–H and O–H groups in total. The zero-order valence-electron chi connectivity index (χ0n) is 12.3. The van der Waals surface area contributed by atoms with Gasteiger partial charge in [-0.3, -0.25) is 20.2 Å². The number of nitro benzene ring substituents is 2. The molecule has 0 aliphatic rings. The fraction of sp³-hybridized carbons (Fsp3) is 0. The number of aromatic nitrogens is 3. The average molecular weight is 356 g/mol. The van der Waals surface area contributed by atoms with E-state index in [4.69, 9.17) is 0 Å². The summed E-state index contributed by atoms with van der Waals surface area (Å²) in [4.78, 5) is 32.3. The maximum atomic E-state index is 10.8. The molecular weight excluding hydrogens is 348 g/mol. The van der Waals surface area contributed by atoms with Gasteiger partial charge in [-0.25, -0.2) is 9.97 Å². The van der Waals surface area contributed by atoms with E-state index in [-0.39, 0.29) is 11.4 Å². The fourth-order valence-electron chi connectivity index (χ4n) is 2.35. The summed E-state index contributed by atoms with van der Waals surface area (Å²) in [6.45, 7) is 0. The molecule has 25 heavy (non-hydrogen) atoms. The minimum atomic E-state index is -0.478. The second-order valence-corrected chi connectivity index (χ2v) is 6.13. The Labute approximate surface area is 142 Å². The number of nitrogens with one attached hydrogen (secondary N) is 2. The Morgan fingerprint density at radius 1 is 0.960 bits per heavy atom. The van der Waals surface area contributed by atoms with E-state index in [1.54, 1.807) is 12.1 Å². The Hall–Kier alpha value is -3.60. The van der Waals surface area contributed by atoms with Crippen LogP contribution in [0.5, 0.6) is 0 Å². The molecule has 0 aliphatic heterocycles. The van der Waals surface area contributed by atoms with Crippen LogP contribution in [-0.2, 0) is 0 Å². The van der Waals surface area contributed by atoms with E-state index < -0.39 is 9.85 Å². The summed E-state index contributed by atoms with van der Waals surface area (Å²) in [7, 11) is 0. The number of H-pyrrole nitrogens is 1. The number of hydrogen-bond donors (Lipinski definition) is 2. The SMILES string of the molecule is O=[N+]([O-])c1ccc2nc(Nc3nc4ccc([N+](=O)[O-])cc4s3)[nH]c2c1. The fourth-order valence-corrected chi connectivity index (χ4v) is 3.25. The lowest BCUT2D eigenvalue weighted by atomic mass is 10.3. The topological polar surface area (TPSA) is 140 Å². The zero-order chi connectivity index (χ0) is 17.6. The summed E-state index contributed by atoms with van der Waals surface area (Å²) in [5.41, 5.74) is 1.69. The number of nitro groups is 2. The molecule has 124 valence electrons. The van der Waals surface area contributed by atoms with Gasteiger partial charge in [-0.2, -0.15) is 0 Å². The monoisotopic (exact) mass is 356 g/mol. The molecule has 0 saturated heterocycles. The van der Waals surface area contributed by atoms with Crippen LogP contribution in [0.2, 0.25) is 0 Å². The quantitative estimate of drug-likeness (QED) is 0.419. The predicted molar refractivity (Wildman–Crippen MR) is 92.3 cm³/mol. The van der Waals surface area contributed by atoms with Gasteiger partial charge >= 0.3 is 0 Å². The van der Waals surface area contributed by atoms with Gasteiger partial charge in [-0.05, 0) is 12.1 Å². The van der Waals surface area contributed by atoms with Crippen molar-refractivity contribution in [2.75, 3.05) is 5.32 Å². The Balaban J connectivity index is 1.67. The molecule has 0 bridgehead atoms. The van der Waals surface area contributed by atoms with Crippen molar-refractivity contribution in [2.24, 2.45) is 0 Å². The van der Waals surface area contributed by atoms with Crippen LogP contribution >= 0.6 is 11.3 Å². The first-order chi connectivity index (χ1) is 12.0. The van der Waals surface area contributed by atoms with Crippen LogP contribution in [0.4, 0.5) is 22.5 Å². The van der Waals surface area contributed by atoms with E-state index in [0.29, 0.717) is 32.3 Å². The molecule has 0 spiro atoms. The molecule has 4 rings (SSSR count). The second-order valence-electron chi connectivity index (χ2n) is 5.10. The number of hydrogen-bond acceptors (Lipinski definition) is 8. The maximum Gasteiger partial charge on any atom is 0.271 e. The molecular formula is C14H8N6O4S. The number of anilines is 2. The molecule has 2 heterocycles. The highest BCUT2D eigenvalue weighted by molar-refractivity contribution is 7.22. The molecule has 4 aromatic rings. The van der Waals surface area contributed by atoms with Gasteiger partial charge in [0.1, 0.15) is 0 Å². The first-order valence-corrected chi connectivity index (χ1v) is 7.77. The summed E-state index contributed by atoms with van der Waals surface area (Å²) in [6.07, 6.45) is 0. The summed E-state index contributed by atoms with van der Waals surface area (Å²) in [6, 6.07) is 8.76. The maximum absolute atomic E-state index is 10.8. The number of thiazole rings is 1. The van der Waals surface area contributed by atoms with Gasteiger partial charge in [0.2, 0.25) is 5.95 Å². The van der Waals surface area contributed by atoms with Gasteiger partial charge in [0.05, 0.1) is 31.1 Å². The third kappa shape index (κ3) is 2.72. The second kappa shape index (κ2) is 5.49. The lowest BCUT2D eigenvalue weighted by molar-refractivity contribution is -0.384. The molecule has 0 fully saturated rings. The van der Waals surface area contributed by atoms with E-state index in [1.807, 2.05) is 0 Å². The molecule has 0 amide bonds. The van der Waals surface area contributed by atoms with Crippen molar-refractivity contribution in [1.82, 2.24) is 15.0 Å². The number of imidazole rings is 1. The van der Waals surface area contributed by atoms with Crippen molar-refractivity contribution in [2.45, 2.75) is 0 Å². The minimum absolute atomic E-state index is 0.00116. The van der Waals surface area contributed by atoms with Crippen molar-refractivity contribution in [3.63, 3.8) is 0 Å². The smallest absolute Gasteiger partial charge is 0.271 e. The molecule has 0 aliphatic carbocycles. The number of nitrogens with zero attached hydrogens (tertiary/aromatic N) is 4. The van der Waals surface area contributed by atoms with Gasteiger partial charge in [-0.1, -0.05) is 11.3 Å². The van der Waals surface area contributed by atoms with Crippen LogP contribution in [0.3, 0.4) is 0 Å². The lowest BCUT2D eigenvalue weighted by Gasteiger charge is -1.94. The van der Waals surface area contributed by atoms with Crippen LogP contribution in [0.25, 0.3) is 21.3 Å². The average Bonchev–Trinajstić information content (AvgIpc) is 3.15. The Bertz CT molecular complexity index is 1060. The standard InChI is InChI=1S/C14H8N6O4S/c21-19(22)7-1-3-9-11(5-7)16-13(15-9)18-14-17-10-4-2-8(20(23)24)6-12(10)25-14/h1-6H,(H2,15,16,17,18). The van der Waals surface area contributed by atoms with E-state index in [0.717, 1.165) is 0 Å². The summed E-state index contributed by atoms with van der Waals surface area (Å²) in [5.74, 6) is 0.379. The molecule has 0 saturated carbocycles.